The molecule has 6 heteroatoms. The molecule has 20 heavy (non-hydrogen) atoms. The van der Waals surface area contributed by atoms with Crippen LogP contribution in [0.4, 0.5) is 8.78 Å². The van der Waals surface area contributed by atoms with Crippen molar-refractivity contribution < 1.29 is 8.78 Å². The summed E-state index contributed by atoms with van der Waals surface area (Å²) < 4.78 is 27.2. The summed E-state index contributed by atoms with van der Waals surface area (Å²) in [4.78, 5) is 0. The van der Waals surface area contributed by atoms with Gasteiger partial charge in [-0.2, -0.15) is 0 Å². The first-order chi connectivity index (χ1) is 9.47. The van der Waals surface area contributed by atoms with Crippen LogP contribution in [0.1, 0.15) is 17.2 Å². The molecule has 3 N–H and O–H groups in total. The highest BCUT2D eigenvalue weighted by atomic mass is 79.9. The van der Waals surface area contributed by atoms with E-state index < -0.39 is 11.6 Å². The van der Waals surface area contributed by atoms with Crippen molar-refractivity contribution in [3.05, 3.63) is 68.7 Å². The largest absolute Gasteiger partial charge is 0.271 e. The van der Waals surface area contributed by atoms with Crippen molar-refractivity contribution in [3.8, 4) is 0 Å². The Morgan fingerprint density at radius 3 is 2.30 bits per heavy atom. The van der Waals surface area contributed by atoms with E-state index in [1.165, 1.54) is 12.1 Å². The quantitative estimate of drug-likeness (QED) is 0.635. The van der Waals surface area contributed by atoms with Gasteiger partial charge in [0.1, 0.15) is 11.6 Å². The summed E-state index contributed by atoms with van der Waals surface area (Å²) in [6.07, 6.45) is 0.345. The van der Waals surface area contributed by atoms with Gasteiger partial charge in [-0.05, 0) is 47.9 Å². The number of hydrogen-bond acceptors (Lipinski definition) is 2. The van der Waals surface area contributed by atoms with Crippen molar-refractivity contribution in [2.24, 2.45) is 5.84 Å². The molecule has 2 aromatic rings. The highest BCUT2D eigenvalue weighted by Gasteiger charge is 2.13. The molecular weight excluding hydrogens is 350 g/mol. The third-order valence-electron chi connectivity index (χ3n) is 2.85. The van der Waals surface area contributed by atoms with E-state index >= 15 is 0 Å². The topological polar surface area (TPSA) is 38.0 Å². The molecule has 0 heterocycles. The van der Waals surface area contributed by atoms with Gasteiger partial charge >= 0.3 is 0 Å². The van der Waals surface area contributed by atoms with E-state index in [0.29, 0.717) is 17.0 Å². The molecule has 0 aliphatic heterocycles. The lowest BCUT2D eigenvalue weighted by molar-refractivity contribution is 0.540. The van der Waals surface area contributed by atoms with Crippen molar-refractivity contribution in [3.63, 3.8) is 0 Å². The number of nitrogens with two attached hydrogens (primary N) is 1. The molecule has 0 radical (unpaired) electrons. The number of nitrogens with one attached hydrogen (secondary N) is 1. The van der Waals surface area contributed by atoms with Gasteiger partial charge < -0.3 is 0 Å². The fourth-order valence-electron chi connectivity index (χ4n) is 2.01. The minimum Gasteiger partial charge on any atom is -0.271 e. The van der Waals surface area contributed by atoms with Crippen molar-refractivity contribution in [2.45, 2.75) is 12.5 Å². The van der Waals surface area contributed by atoms with Gasteiger partial charge in [0.05, 0.1) is 6.04 Å². The Kier molecular flexibility index (Phi) is 5.10. The van der Waals surface area contributed by atoms with E-state index in [1.54, 1.807) is 12.1 Å². The molecule has 0 aliphatic rings. The molecule has 1 unspecified atom stereocenters. The van der Waals surface area contributed by atoms with Crippen LogP contribution in [0, 0.1) is 11.6 Å². The molecule has 0 aliphatic carbocycles. The first kappa shape index (κ1) is 15.4. The van der Waals surface area contributed by atoms with Crippen LogP contribution in [-0.2, 0) is 6.42 Å². The molecular formula is C14H12BrClF2N2. The van der Waals surface area contributed by atoms with Crippen LogP contribution in [0.25, 0.3) is 0 Å². The molecule has 0 saturated heterocycles. The van der Waals surface area contributed by atoms with Crippen molar-refractivity contribution >= 4 is 27.5 Å². The third kappa shape index (κ3) is 3.99. The van der Waals surface area contributed by atoms with Gasteiger partial charge in [0.15, 0.2) is 0 Å². The predicted octanol–water partition coefficient (Wildman–Crippen LogP) is 4.13. The summed E-state index contributed by atoms with van der Waals surface area (Å²) in [5.74, 6) is 4.32. The molecule has 2 aromatic carbocycles. The van der Waals surface area contributed by atoms with Crippen LogP contribution in [0.5, 0.6) is 0 Å². The zero-order valence-electron chi connectivity index (χ0n) is 10.3. The summed E-state index contributed by atoms with van der Waals surface area (Å²) >= 11 is 9.33. The van der Waals surface area contributed by atoms with Gasteiger partial charge in [-0.25, -0.2) is 8.78 Å². The fourth-order valence-corrected chi connectivity index (χ4v) is 2.90. The molecule has 0 fully saturated rings. The summed E-state index contributed by atoms with van der Waals surface area (Å²) in [6.45, 7) is 0. The second kappa shape index (κ2) is 6.63. The van der Waals surface area contributed by atoms with Gasteiger partial charge in [-0.15, -0.1) is 0 Å². The molecule has 2 nitrogen and oxygen atoms in total. The van der Waals surface area contributed by atoms with Crippen LogP contribution in [0.3, 0.4) is 0 Å². The van der Waals surface area contributed by atoms with Crippen LogP contribution in [-0.4, -0.2) is 0 Å². The normalized spacial score (nSPS) is 12.4. The number of rotatable bonds is 4. The third-order valence-corrected chi connectivity index (χ3v) is 3.53. The van der Waals surface area contributed by atoms with Gasteiger partial charge in [0, 0.05) is 15.6 Å². The molecule has 0 aromatic heterocycles. The Morgan fingerprint density at radius 2 is 1.75 bits per heavy atom. The van der Waals surface area contributed by atoms with E-state index in [2.05, 4.69) is 21.4 Å². The Bertz CT molecular complexity index is 582. The number of hydrogen-bond donors (Lipinski definition) is 2. The highest BCUT2D eigenvalue weighted by molar-refractivity contribution is 9.10. The summed E-state index contributed by atoms with van der Waals surface area (Å²) in [6, 6.07) is 8.47. The Balaban J connectivity index is 2.28. The van der Waals surface area contributed by atoms with Crippen LogP contribution < -0.4 is 11.3 Å². The van der Waals surface area contributed by atoms with E-state index in [-0.39, 0.29) is 6.04 Å². The molecule has 106 valence electrons. The summed E-state index contributed by atoms with van der Waals surface area (Å²) in [7, 11) is 0. The van der Waals surface area contributed by atoms with Gasteiger partial charge in [0.25, 0.3) is 0 Å². The zero-order valence-corrected chi connectivity index (χ0v) is 12.7. The molecule has 0 bridgehead atoms. The molecule has 1 atom stereocenters. The Morgan fingerprint density at radius 1 is 1.10 bits per heavy atom. The fraction of sp³-hybridized carbons (Fsp3) is 0.143. The molecule has 0 amide bonds. The predicted molar refractivity (Wildman–Crippen MR) is 79.3 cm³/mol. The first-order valence-electron chi connectivity index (χ1n) is 5.85. The summed E-state index contributed by atoms with van der Waals surface area (Å²) in [5.41, 5.74) is 3.98. The number of halogens is 4. The maximum atomic E-state index is 13.2. The van der Waals surface area contributed by atoms with Crippen molar-refractivity contribution in [1.29, 1.82) is 0 Å². The van der Waals surface area contributed by atoms with Gasteiger partial charge in [0.2, 0.25) is 0 Å². The Hall–Kier alpha value is -1.01. The van der Waals surface area contributed by atoms with E-state index in [9.17, 15) is 8.78 Å². The van der Waals surface area contributed by atoms with Crippen LogP contribution in [0.2, 0.25) is 5.02 Å². The number of hydrazine groups is 1. The van der Waals surface area contributed by atoms with E-state index in [1.807, 2.05) is 6.07 Å². The maximum Gasteiger partial charge on any atom is 0.126 e. The van der Waals surface area contributed by atoms with Gasteiger partial charge in [-0.1, -0.05) is 27.5 Å². The van der Waals surface area contributed by atoms with E-state index in [4.69, 9.17) is 17.4 Å². The SMILES string of the molecule is NNC(Cc1cc(F)cc(F)c1)c1cc(Cl)cc(Br)c1. The monoisotopic (exact) mass is 360 g/mol. The average Bonchev–Trinajstić information content (AvgIpc) is 2.33. The lowest BCUT2D eigenvalue weighted by atomic mass is 9.99. The average molecular weight is 362 g/mol. The molecule has 2 rings (SSSR count). The van der Waals surface area contributed by atoms with E-state index in [0.717, 1.165) is 16.1 Å². The second-order valence-electron chi connectivity index (χ2n) is 4.40. The van der Waals surface area contributed by atoms with Crippen molar-refractivity contribution in [2.75, 3.05) is 0 Å². The van der Waals surface area contributed by atoms with Crippen LogP contribution >= 0.6 is 27.5 Å². The highest BCUT2D eigenvalue weighted by Crippen LogP contribution is 2.26. The standard InChI is InChI=1S/C14H12BrClF2N2/c15-10-4-9(5-11(16)6-10)14(20-19)3-8-1-12(17)7-13(18)2-8/h1-2,4-7,14,20H,3,19H2. The minimum absolute atomic E-state index is 0.300. The number of benzene rings is 2. The lowest BCUT2D eigenvalue weighted by Gasteiger charge is -2.17. The maximum absolute atomic E-state index is 13.2. The lowest BCUT2D eigenvalue weighted by Crippen LogP contribution is -2.29. The van der Waals surface area contributed by atoms with Crippen molar-refractivity contribution in [1.82, 2.24) is 5.43 Å². The zero-order chi connectivity index (χ0) is 14.7. The molecule has 0 saturated carbocycles. The van der Waals surface area contributed by atoms with Crippen LogP contribution in [0.15, 0.2) is 40.9 Å². The smallest absolute Gasteiger partial charge is 0.126 e. The first-order valence-corrected chi connectivity index (χ1v) is 7.02. The second-order valence-corrected chi connectivity index (χ2v) is 5.76. The summed E-state index contributed by atoms with van der Waals surface area (Å²) in [5, 5.41) is 0.556. The van der Waals surface area contributed by atoms with Gasteiger partial charge in [-0.3, -0.25) is 11.3 Å². The Labute approximate surface area is 129 Å². The minimum atomic E-state index is -0.608. The molecule has 0 spiro atoms.